The van der Waals surface area contributed by atoms with Gasteiger partial charge in [0.05, 0.1) is 6.10 Å². The fraction of sp³-hybridized carbons (Fsp3) is 1.00. The Morgan fingerprint density at radius 3 is 2.64 bits per heavy atom. The smallest absolute Gasteiger partial charge is 0.0674 e. The Labute approximate surface area is 87.3 Å². The third-order valence-electron chi connectivity index (χ3n) is 2.88. The first kappa shape index (κ1) is 12.0. The van der Waals surface area contributed by atoms with E-state index in [0.717, 1.165) is 19.0 Å². The molecule has 0 bridgehead atoms. The molecular formula is C11H24N2O. The molecule has 0 amide bonds. The molecule has 1 unspecified atom stereocenters. The summed E-state index contributed by atoms with van der Waals surface area (Å²) < 4.78 is 0. The highest BCUT2D eigenvalue weighted by molar-refractivity contribution is 4.84. The third-order valence-corrected chi connectivity index (χ3v) is 2.88. The van der Waals surface area contributed by atoms with Crippen molar-refractivity contribution < 1.29 is 5.11 Å². The Balaban J connectivity index is 2.14. The Kier molecular flexibility index (Phi) is 5.45. The monoisotopic (exact) mass is 200 g/mol. The molecule has 1 saturated carbocycles. The number of aliphatic hydroxyl groups excluding tert-OH is 1. The van der Waals surface area contributed by atoms with Crippen LogP contribution in [0.5, 0.6) is 0 Å². The lowest BCUT2D eigenvalue weighted by Gasteiger charge is -2.22. The summed E-state index contributed by atoms with van der Waals surface area (Å²) >= 11 is 0. The van der Waals surface area contributed by atoms with E-state index in [9.17, 15) is 5.11 Å². The minimum absolute atomic E-state index is 0.308. The van der Waals surface area contributed by atoms with Crippen molar-refractivity contribution in [2.75, 3.05) is 19.6 Å². The van der Waals surface area contributed by atoms with Gasteiger partial charge in [-0.15, -0.1) is 0 Å². The molecule has 3 nitrogen and oxygen atoms in total. The maximum absolute atomic E-state index is 9.38. The minimum Gasteiger partial charge on any atom is -0.392 e. The molecule has 0 saturated heterocycles. The largest absolute Gasteiger partial charge is 0.392 e. The van der Waals surface area contributed by atoms with Crippen LogP contribution in [0.4, 0.5) is 0 Å². The summed E-state index contributed by atoms with van der Waals surface area (Å²) in [4.78, 5) is 2.52. The van der Waals surface area contributed by atoms with E-state index in [4.69, 9.17) is 5.73 Å². The van der Waals surface area contributed by atoms with Gasteiger partial charge < -0.3 is 15.7 Å². The van der Waals surface area contributed by atoms with Crippen molar-refractivity contribution in [1.29, 1.82) is 0 Å². The second-order valence-electron chi connectivity index (χ2n) is 4.30. The molecule has 0 aromatic rings. The Hall–Kier alpha value is -0.120. The highest BCUT2D eigenvalue weighted by Gasteiger charge is 2.28. The molecule has 0 heterocycles. The predicted molar refractivity (Wildman–Crippen MR) is 59.2 cm³/mol. The molecule has 0 radical (unpaired) electrons. The molecule has 1 aliphatic carbocycles. The van der Waals surface area contributed by atoms with Gasteiger partial charge in [0.15, 0.2) is 0 Å². The molecule has 1 fully saturated rings. The lowest BCUT2D eigenvalue weighted by molar-refractivity contribution is 0.143. The topological polar surface area (TPSA) is 49.5 Å². The van der Waals surface area contributed by atoms with Crippen LogP contribution in [-0.4, -0.2) is 41.8 Å². The van der Waals surface area contributed by atoms with Gasteiger partial charge in [0.2, 0.25) is 0 Å². The molecule has 84 valence electrons. The summed E-state index contributed by atoms with van der Waals surface area (Å²) in [5.41, 5.74) is 5.38. The van der Waals surface area contributed by atoms with Gasteiger partial charge in [-0.3, -0.25) is 0 Å². The van der Waals surface area contributed by atoms with Crippen molar-refractivity contribution in [3.05, 3.63) is 0 Å². The fourth-order valence-electron chi connectivity index (χ4n) is 1.71. The van der Waals surface area contributed by atoms with Crippen molar-refractivity contribution in [3.8, 4) is 0 Å². The van der Waals surface area contributed by atoms with Gasteiger partial charge in [-0.25, -0.2) is 0 Å². The Morgan fingerprint density at radius 2 is 2.14 bits per heavy atom. The van der Waals surface area contributed by atoms with Gasteiger partial charge in [0.1, 0.15) is 0 Å². The van der Waals surface area contributed by atoms with E-state index >= 15 is 0 Å². The number of hydrogen-bond donors (Lipinski definition) is 2. The lowest BCUT2D eigenvalue weighted by atomic mass is 10.2. The van der Waals surface area contributed by atoms with Crippen molar-refractivity contribution in [2.45, 2.75) is 51.2 Å². The van der Waals surface area contributed by atoms with Crippen molar-refractivity contribution in [1.82, 2.24) is 4.90 Å². The van der Waals surface area contributed by atoms with E-state index in [1.54, 1.807) is 0 Å². The maximum atomic E-state index is 9.38. The van der Waals surface area contributed by atoms with Gasteiger partial charge >= 0.3 is 0 Å². The number of aliphatic hydroxyl groups is 1. The SMILES string of the molecule is CCCCN(CCC(O)CN)C1CC1. The zero-order chi connectivity index (χ0) is 10.4. The first-order chi connectivity index (χ1) is 6.77. The minimum atomic E-state index is -0.308. The van der Waals surface area contributed by atoms with Crippen LogP contribution >= 0.6 is 0 Å². The zero-order valence-corrected chi connectivity index (χ0v) is 9.28. The van der Waals surface area contributed by atoms with E-state index < -0.39 is 0 Å². The molecule has 3 N–H and O–H groups in total. The Bertz CT molecular complexity index is 148. The van der Waals surface area contributed by atoms with E-state index in [1.165, 1.54) is 32.2 Å². The molecule has 1 aliphatic rings. The number of unbranched alkanes of at least 4 members (excludes halogenated alkanes) is 1. The van der Waals surface area contributed by atoms with Gasteiger partial charge in [0, 0.05) is 19.1 Å². The van der Waals surface area contributed by atoms with Gasteiger partial charge in [-0.1, -0.05) is 13.3 Å². The quantitative estimate of drug-likeness (QED) is 0.613. The molecule has 0 aromatic heterocycles. The standard InChI is InChI=1S/C11H24N2O/c1-2-3-7-13(10-4-5-10)8-6-11(14)9-12/h10-11,14H,2-9,12H2,1H3. The molecule has 3 heteroatoms. The number of rotatable bonds is 8. The fourth-order valence-corrected chi connectivity index (χ4v) is 1.71. The normalized spacial score (nSPS) is 18.9. The Morgan fingerprint density at radius 1 is 1.43 bits per heavy atom. The zero-order valence-electron chi connectivity index (χ0n) is 9.28. The van der Waals surface area contributed by atoms with E-state index in [2.05, 4.69) is 11.8 Å². The number of nitrogens with zero attached hydrogens (tertiary/aromatic N) is 1. The van der Waals surface area contributed by atoms with Gasteiger partial charge in [-0.2, -0.15) is 0 Å². The summed E-state index contributed by atoms with van der Waals surface area (Å²) in [5, 5.41) is 9.38. The first-order valence-electron chi connectivity index (χ1n) is 5.90. The van der Waals surface area contributed by atoms with E-state index in [-0.39, 0.29) is 6.10 Å². The molecule has 0 aliphatic heterocycles. The van der Waals surface area contributed by atoms with Crippen molar-refractivity contribution in [3.63, 3.8) is 0 Å². The second kappa shape index (κ2) is 6.38. The average Bonchev–Trinajstić information content (AvgIpc) is 3.01. The van der Waals surface area contributed by atoms with E-state index in [0.29, 0.717) is 6.54 Å². The van der Waals surface area contributed by atoms with Crippen LogP contribution < -0.4 is 5.73 Å². The molecule has 14 heavy (non-hydrogen) atoms. The summed E-state index contributed by atoms with van der Waals surface area (Å²) in [7, 11) is 0. The van der Waals surface area contributed by atoms with Gasteiger partial charge in [0.25, 0.3) is 0 Å². The lowest BCUT2D eigenvalue weighted by Crippen LogP contribution is -2.32. The molecule has 0 spiro atoms. The third kappa shape index (κ3) is 4.40. The summed E-state index contributed by atoms with van der Waals surface area (Å²) in [6.07, 6.45) is 5.75. The highest BCUT2D eigenvalue weighted by atomic mass is 16.3. The average molecular weight is 200 g/mol. The van der Waals surface area contributed by atoms with Crippen LogP contribution in [0.2, 0.25) is 0 Å². The summed E-state index contributed by atoms with van der Waals surface area (Å²) in [6.45, 7) is 4.83. The molecular weight excluding hydrogens is 176 g/mol. The van der Waals surface area contributed by atoms with Gasteiger partial charge in [-0.05, 0) is 32.2 Å². The molecule has 1 atom stereocenters. The molecule has 1 rings (SSSR count). The van der Waals surface area contributed by atoms with Crippen molar-refractivity contribution in [2.24, 2.45) is 5.73 Å². The number of hydrogen-bond acceptors (Lipinski definition) is 3. The van der Waals surface area contributed by atoms with Crippen LogP contribution in [0.3, 0.4) is 0 Å². The van der Waals surface area contributed by atoms with Crippen molar-refractivity contribution >= 4 is 0 Å². The van der Waals surface area contributed by atoms with Crippen LogP contribution in [0, 0.1) is 0 Å². The number of nitrogens with two attached hydrogens (primary N) is 1. The second-order valence-corrected chi connectivity index (χ2v) is 4.30. The summed E-state index contributed by atoms with van der Waals surface area (Å²) in [5.74, 6) is 0. The summed E-state index contributed by atoms with van der Waals surface area (Å²) in [6, 6.07) is 0.812. The molecule has 0 aromatic carbocycles. The first-order valence-corrected chi connectivity index (χ1v) is 5.90. The van der Waals surface area contributed by atoms with Crippen LogP contribution in [0.25, 0.3) is 0 Å². The maximum Gasteiger partial charge on any atom is 0.0674 e. The predicted octanol–water partition coefficient (Wildman–Crippen LogP) is 0.961. The van der Waals surface area contributed by atoms with Crippen LogP contribution in [0.15, 0.2) is 0 Å². The van der Waals surface area contributed by atoms with Crippen LogP contribution in [0.1, 0.15) is 39.0 Å². The van der Waals surface area contributed by atoms with E-state index in [1.807, 2.05) is 0 Å². The highest BCUT2D eigenvalue weighted by Crippen LogP contribution is 2.27. The van der Waals surface area contributed by atoms with Crippen LogP contribution in [-0.2, 0) is 0 Å².